The predicted octanol–water partition coefficient (Wildman–Crippen LogP) is 1.60. The smallest absolute Gasteiger partial charge is 0.238 e. The number of amides is 1. The van der Waals surface area contributed by atoms with Crippen molar-refractivity contribution in [3.8, 4) is 0 Å². The summed E-state index contributed by atoms with van der Waals surface area (Å²) in [6.45, 7) is 5.54. The van der Waals surface area contributed by atoms with Gasteiger partial charge in [0, 0.05) is 19.1 Å². The van der Waals surface area contributed by atoms with Crippen LogP contribution in [-0.4, -0.2) is 47.9 Å². The molecule has 1 saturated carbocycles. The van der Waals surface area contributed by atoms with E-state index in [1.165, 1.54) is 18.4 Å². The van der Waals surface area contributed by atoms with Gasteiger partial charge in [-0.2, -0.15) is 0 Å². The van der Waals surface area contributed by atoms with Crippen molar-refractivity contribution in [2.45, 2.75) is 32.0 Å². The summed E-state index contributed by atoms with van der Waals surface area (Å²) >= 11 is 0. The van der Waals surface area contributed by atoms with E-state index in [0.717, 1.165) is 25.7 Å². The fourth-order valence-electron chi connectivity index (χ4n) is 3.00. The number of likely N-dealkylation sites (N-methyl/N-ethyl adjacent to an activating group) is 1. The van der Waals surface area contributed by atoms with Crippen LogP contribution in [0.2, 0.25) is 0 Å². The summed E-state index contributed by atoms with van der Waals surface area (Å²) < 4.78 is 0. The maximum absolute atomic E-state index is 12.1. The number of carbonyl (C=O) groups is 1. The zero-order valence-electron chi connectivity index (χ0n) is 12.1. The summed E-state index contributed by atoms with van der Waals surface area (Å²) in [6, 6.07) is 11.0. The van der Waals surface area contributed by atoms with Crippen LogP contribution in [0, 0.1) is 0 Å². The first kappa shape index (κ1) is 13.6. The summed E-state index contributed by atoms with van der Waals surface area (Å²) in [5, 5.41) is 3.32. The fourth-order valence-corrected chi connectivity index (χ4v) is 3.00. The van der Waals surface area contributed by atoms with Crippen molar-refractivity contribution in [2.24, 2.45) is 0 Å². The Morgan fingerprint density at radius 3 is 2.70 bits per heavy atom. The summed E-state index contributed by atoms with van der Waals surface area (Å²) in [5.41, 5.74) is 1.17. The van der Waals surface area contributed by atoms with Crippen LogP contribution in [0.15, 0.2) is 30.3 Å². The number of hydrogen-bond donors (Lipinski definition) is 1. The molecule has 0 spiro atoms. The minimum absolute atomic E-state index is 0.0432. The van der Waals surface area contributed by atoms with Crippen LogP contribution in [0.5, 0.6) is 0 Å². The van der Waals surface area contributed by atoms with E-state index in [-0.39, 0.29) is 12.1 Å². The van der Waals surface area contributed by atoms with Crippen molar-refractivity contribution >= 4 is 5.91 Å². The van der Waals surface area contributed by atoms with Gasteiger partial charge in [-0.25, -0.2) is 0 Å². The number of benzene rings is 1. The molecule has 1 aliphatic carbocycles. The molecule has 4 nitrogen and oxygen atoms in total. The molecule has 1 aliphatic heterocycles. The first-order chi connectivity index (χ1) is 9.79. The van der Waals surface area contributed by atoms with Crippen LogP contribution < -0.4 is 5.32 Å². The summed E-state index contributed by atoms with van der Waals surface area (Å²) in [4.78, 5) is 16.6. The lowest BCUT2D eigenvalue weighted by atomic mass is 10.1. The SMILES string of the molecule is CCN(CCN1C(=O)CNC1c1ccccc1)C1CC1. The van der Waals surface area contributed by atoms with Gasteiger partial charge in [0.15, 0.2) is 0 Å². The van der Waals surface area contributed by atoms with Gasteiger partial charge < -0.3 is 4.90 Å². The van der Waals surface area contributed by atoms with E-state index in [2.05, 4.69) is 29.3 Å². The third kappa shape index (κ3) is 2.86. The Hall–Kier alpha value is -1.39. The summed E-state index contributed by atoms with van der Waals surface area (Å²) in [5.74, 6) is 0.214. The number of carbonyl (C=O) groups excluding carboxylic acids is 1. The van der Waals surface area contributed by atoms with Crippen LogP contribution >= 0.6 is 0 Å². The maximum Gasteiger partial charge on any atom is 0.238 e. The van der Waals surface area contributed by atoms with Gasteiger partial charge in [0.25, 0.3) is 0 Å². The van der Waals surface area contributed by atoms with E-state index in [4.69, 9.17) is 0 Å². The molecule has 2 fully saturated rings. The number of nitrogens with one attached hydrogen (secondary N) is 1. The molecular formula is C16H23N3O. The van der Waals surface area contributed by atoms with Gasteiger partial charge >= 0.3 is 0 Å². The van der Waals surface area contributed by atoms with Gasteiger partial charge in [-0.1, -0.05) is 37.3 Å². The second-order valence-electron chi connectivity index (χ2n) is 5.64. The van der Waals surface area contributed by atoms with Gasteiger partial charge in [-0.3, -0.25) is 15.0 Å². The standard InChI is InChI=1S/C16H23N3O/c1-2-18(14-8-9-14)10-11-19-15(20)12-17-16(19)13-6-4-3-5-7-13/h3-7,14,16-17H,2,8-12H2,1H3. The third-order valence-electron chi connectivity index (χ3n) is 4.29. The van der Waals surface area contributed by atoms with Gasteiger partial charge in [-0.15, -0.1) is 0 Å². The fraction of sp³-hybridized carbons (Fsp3) is 0.562. The second kappa shape index (κ2) is 5.94. The Bertz CT molecular complexity index is 458. The average Bonchev–Trinajstić information content (AvgIpc) is 3.25. The highest BCUT2D eigenvalue weighted by atomic mass is 16.2. The van der Waals surface area contributed by atoms with Gasteiger partial charge in [0.2, 0.25) is 5.91 Å². The Morgan fingerprint density at radius 2 is 2.05 bits per heavy atom. The predicted molar refractivity (Wildman–Crippen MR) is 79.2 cm³/mol. The van der Waals surface area contributed by atoms with E-state index in [1.54, 1.807) is 0 Å². The zero-order valence-corrected chi connectivity index (χ0v) is 12.1. The Labute approximate surface area is 120 Å². The molecule has 1 aromatic carbocycles. The Kier molecular flexibility index (Phi) is 4.03. The number of rotatable bonds is 6. The van der Waals surface area contributed by atoms with Crippen LogP contribution in [0.4, 0.5) is 0 Å². The largest absolute Gasteiger partial charge is 0.321 e. The molecule has 1 unspecified atom stereocenters. The molecule has 1 atom stereocenters. The number of hydrogen-bond acceptors (Lipinski definition) is 3. The molecule has 1 aromatic rings. The van der Waals surface area contributed by atoms with Crippen molar-refractivity contribution in [1.29, 1.82) is 0 Å². The van der Waals surface area contributed by atoms with Crippen molar-refractivity contribution in [2.75, 3.05) is 26.2 Å². The lowest BCUT2D eigenvalue weighted by molar-refractivity contribution is -0.128. The highest BCUT2D eigenvalue weighted by Gasteiger charge is 2.33. The molecule has 4 heteroatoms. The highest BCUT2D eigenvalue weighted by molar-refractivity contribution is 5.80. The van der Waals surface area contributed by atoms with Crippen molar-refractivity contribution in [3.05, 3.63) is 35.9 Å². The molecule has 1 N–H and O–H groups in total. The first-order valence-electron chi connectivity index (χ1n) is 7.61. The second-order valence-corrected chi connectivity index (χ2v) is 5.64. The van der Waals surface area contributed by atoms with Gasteiger partial charge in [-0.05, 0) is 24.9 Å². The maximum atomic E-state index is 12.1. The van der Waals surface area contributed by atoms with Gasteiger partial charge in [0.05, 0.1) is 6.54 Å². The van der Waals surface area contributed by atoms with Crippen LogP contribution in [0.3, 0.4) is 0 Å². The van der Waals surface area contributed by atoms with E-state index in [0.29, 0.717) is 6.54 Å². The van der Waals surface area contributed by atoms with Crippen molar-refractivity contribution in [3.63, 3.8) is 0 Å². The van der Waals surface area contributed by atoms with Crippen LogP contribution in [-0.2, 0) is 4.79 Å². The van der Waals surface area contributed by atoms with E-state index in [1.807, 2.05) is 23.1 Å². The molecular weight excluding hydrogens is 250 g/mol. The monoisotopic (exact) mass is 273 g/mol. The number of nitrogens with zero attached hydrogens (tertiary/aromatic N) is 2. The molecule has 1 amide bonds. The first-order valence-corrected chi connectivity index (χ1v) is 7.61. The van der Waals surface area contributed by atoms with Crippen LogP contribution in [0.25, 0.3) is 0 Å². The molecule has 3 rings (SSSR count). The normalized spacial score (nSPS) is 22.8. The summed E-state index contributed by atoms with van der Waals surface area (Å²) in [6.07, 6.45) is 2.69. The van der Waals surface area contributed by atoms with Gasteiger partial charge in [0.1, 0.15) is 6.17 Å². The molecule has 2 aliphatic rings. The van der Waals surface area contributed by atoms with E-state index in [9.17, 15) is 4.79 Å². The molecule has 1 saturated heterocycles. The van der Waals surface area contributed by atoms with Crippen molar-refractivity contribution < 1.29 is 4.79 Å². The summed E-state index contributed by atoms with van der Waals surface area (Å²) in [7, 11) is 0. The van der Waals surface area contributed by atoms with E-state index >= 15 is 0 Å². The zero-order chi connectivity index (χ0) is 13.9. The third-order valence-corrected chi connectivity index (χ3v) is 4.29. The molecule has 1 heterocycles. The Balaban J connectivity index is 1.64. The highest BCUT2D eigenvalue weighted by Crippen LogP contribution is 2.27. The minimum Gasteiger partial charge on any atom is -0.321 e. The lowest BCUT2D eigenvalue weighted by Crippen LogP contribution is -2.39. The topological polar surface area (TPSA) is 35.6 Å². The lowest BCUT2D eigenvalue weighted by Gasteiger charge is -2.28. The van der Waals surface area contributed by atoms with Crippen molar-refractivity contribution in [1.82, 2.24) is 15.1 Å². The molecule has 0 aromatic heterocycles. The average molecular weight is 273 g/mol. The minimum atomic E-state index is 0.0432. The molecule has 0 bridgehead atoms. The molecule has 0 radical (unpaired) electrons. The van der Waals surface area contributed by atoms with Crippen LogP contribution in [0.1, 0.15) is 31.5 Å². The van der Waals surface area contributed by atoms with E-state index < -0.39 is 0 Å². The molecule has 20 heavy (non-hydrogen) atoms. The molecule has 108 valence electrons. The Morgan fingerprint density at radius 1 is 1.30 bits per heavy atom. The quantitative estimate of drug-likeness (QED) is 0.855.